The van der Waals surface area contributed by atoms with Gasteiger partial charge in [-0.05, 0) is 39.0 Å². The maximum absolute atomic E-state index is 12.8. The number of rotatable bonds is 12. The monoisotopic (exact) mass is 471 g/mol. The van der Waals surface area contributed by atoms with E-state index >= 15 is 0 Å². The molecule has 0 aliphatic heterocycles. The lowest BCUT2D eigenvalue weighted by molar-refractivity contribution is 0.0717. The molecule has 1 rings (SSSR count). The molecule has 0 spiro atoms. The number of nitrogens with one attached hydrogen (secondary N) is 3. The Kier molecular flexibility index (Phi) is 9.90. The average molecular weight is 472 g/mol. The quantitative estimate of drug-likeness (QED) is 0.153. The topological polar surface area (TPSA) is 209 Å². The highest BCUT2D eigenvalue weighted by Gasteiger charge is 2.30. The van der Waals surface area contributed by atoms with E-state index < -0.39 is 74.0 Å². The molecule has 0 bridgehead atoms. The number of carbonyl (C=O) groups excluding carboxylic acids is 3. The number of benzene rings is 1. The van der Waals surface area contributed by atoms with Crippen molar-refractivity contribution in [3.05, 3.63) is 34.9 Å². The summed E-state index contributed by atoms with van der Waals surface area (Å²) in [6.45, 7) is 0.654. The van der Waals surface area contributed by atoms with Gasteiger partial charge in [-0.2, -0.15) is 0 Å². The highest BCUT2D eigenvalue weighted by molar-refractivity contribution is 6.05. The van der Waals surface area contributed by atoms with Crippen LogP contribution in [0.2, 0.25) is 0 Å². The third-order valence-electron chi connectivity index (χ3n) is 5.06. The lowest BCUT2D eigenvalue weighted by atomic mass is 9.98. The normalized spacial score (nSPS) is 12.3. The van der Waals surface area contributed by atoms with Crippen molar-refractivity contribution >= 4 is 17.7 Å². The molecule has 33 heavy (non-hydrogen) atoms. The molecule has 0 radical (unpaired) electrons. The van der Waals surface area contributed by atoms with Crippen LogP contribution in [0.3, 0.4) is 0 Å². The zero-order chi connectivity index (χ0) is 25.4. The van der Waals surface area contributed by atoms with Gasteiger partial charge in [0.05, 0.1) is 56.3 Å². The molecule has 12 nitrogen and oxygen atoms in total. The average Bonchev–Trinajstić information content (AvgIpc) is 2.83. The van der Waals surface area contributed by atoms with Crippen molar-refractivity contribution in [3.8, 4) is 0 Å². The lowest BCUT2D eigenvalue weighted by Crippen LogP contribution is -2.53. The van der Waals surface area contributed by atoms with Crippen molar-refractivity contribution in [3.63, 3.8) is 0 Å². The molecule has 3 amide bonds. The number of hydrogen-bond donors (Lipinski definition) is 9. The van der Waals surface area contributed by atoms with E-state index in [-0.39, 0.29) is 16.7 Å². The summed E-state index contributed by atoms with van der Waals surface area (Å²) in [6.07, 6.45) is 0. The molecule has 9 N–H and O–H groups in total. The third-order valence-corrected chi connectivity index (χ3v) is 5.06. The van der Waals surface area contributed by atoms with Gasteiger partial charge in [0.25, 0.3) is 17.7 Å². The molecule has 0 saturated heterocycles. The number of aliphatic hydroxyl groups excluding tert-OH is 6. The Morgan fingerprint density at radius 1 is 0.545 bits per heavy atom. The Labute approximate surface area is 191 Å². The summed E-state index contributed by atoms with van der Waals surface area (Å²) in [4.78, 5) is 38.3. The van der Waals surface area contributed by atoms with Crippen LogP contribution >= 0.6 is 0 Å². The van der Waals surface area contributed by atoms with Gasteiger partial charge in [0, 0.05) is 16.7 Å². The first kappa shape index (κ1) is 28.4. The first-order chi connectivity index (χ1) is 15.3. The van der Waals surface area contributed by atoms with Gasteiger partial charge in [-0.15, -0.1) is 0 Å². The zero-order valence-corrected chi connectivity index (χ0v) is 18.9. The lowest BCUT2D eigenvalue weighted by Gasteiger charge is -2.28. The SMILES string of the molecule is CC(CO)(CO)NC(=O)c1cc(C(=O)NC(C)(CO)CO)cc(C(=O)NC(C)(CO)CO)c1. The fourth-order valence-corrected chi connectivity index (χ4v) is 2.45. The minimum atomic E-state index is -1.38. The van der Waals surface area contributed by atoms with Gasteiger partial charge in [-0.1, -0.05) is 0 Å². The maximum atomic E-state index is 12.8. The summed E-state index contributed by atoms with van der Waals surface area (Å²) in [6, 6.07) is 3.47. The van der Waals surface area contributed by atoms with Gasteiger partial charge in [0.2, 0.25) is 0 Å². The Bertz CT molecular complexity index is 726. The fourth-order valence-electron chi connectivity index (χ4n) is 2.45. The van der Waals surface area contributed by atoms with Gasteiger partial charge < -0.3 is 46.6 Å². The van der Waals surface area contributed by atoms with E-state index in [1.807, 2.05) is 0 Å². The van der Waals surface area contributed by atoms with Crippen molar-refractivity contribution in [1.82, 2.24) is 16.0 Å². The second-order valence-electron chi connectivity index (χ2n) is 8.79. The van der Waals surface area contributed by atoms with Crippen molar-refractivity contribution in [2.75, 3.05) is 39.6 Å². The minimum absolute atomic E-state index is 0.162. The molecule has 0 atom stereocenters. The Morgan fingerprint density at radius 3 is 0.879 bits per heavy atom. The van der Waals surface area contributed by atoms with Crippen molar-refractivity contribution in [2.24, 2.45) is 0 Å². The second kappa shape index (κ2) is 11.5. The largest absolute Gasteiger partial charge is 0.394 e. The standard InChI is InChI=1S/C21H33N3O9/c1-19(7-25,8-26)22-16(31)13-4-14(17(32)23-20(2,9-27)10-28)6-15(5-13)18(33)24-21(3,11-29)12-30/h4-6,25-30H,7-12H2,1-3H3,(H,22,31)(H,23,32)(H,24,33). The van der Waals surface area contributed by atoms with E-state index in [0.29, 0.717) is 0 Å². The van der Waals surface area contributed by atoms with Crippen LogP contribution in [0, 0.1) is 0 Å². The van der Waals surface area contributed by atoms with Crippen LogP contribution in [-0.4, -0.2) is 105 Å². The van der Waals surface area contributed by atoms with Crippen LogP contribution in [0.25, 0.3) is 0 Å². The molecule has 0 saturated carbocycles. The van der Waals surface area contributed by atoms with Crippen molar-refractivity contribution in [1.29, 1.82) is 0 Å². The molecule has 12 heteroatoms. The second-order valence-corrected chi connectivity index (χ2v) is 8.79. The molecule has 0 aromatic heterocycles. The van der Waals surface area contributed by atoms with Crippen LogP contribution in [0.1, 0.15) is 51.8 Å². The number of aliphatic hydroxyl groups is 6. The smallest absolute Gasteiger partial charge is 0.251 e. The van der Waals surface area contributed by atoms with Crippen LogP contribution in [-0.2, 0) is 0 Å². The molecular formula is C21H33N3O9. The molecule has 1 aromatic rings. The molecule has 0 fully saturated rings. The van der Waals surface area contributed by atoms with E-state index in [0.717, 1.165) is 18.2 Å². The molecule has 186 valence electrons. The van der Waals surface area contributed by atoms with Crippen LogP contribution < -0.4 is 16.0 Å². The molecule has 1 aromatic carbocycles. The van der Waals surface area contributed by atoms with Crippen LogP contribution in [0.4, 0.5) is 0 Å². The van der Waals surface area contributed by atoms with Gasteiger partial charge in [0.15, 0.2) is 0 Å². The summed E-state index contributed by atoms with van der Waals surface area (Å²) in [7, 11) is 0. The fraction of sp³-hybridized carbons (Fsp3) is 0.571. The van der Waals surface area contributed by atoms with Crippen LogP contribution in [0.15, 0.2) is 18.2 Å². The predicted molar refractivity (Wildman–Crippen MR) is 117 cm³/mol. The first-order valence-corrected chi connectivity index (χ1v) is 10.1. The van der Waals surface area contributed by atoms with Crippen molar-refractivity contribution in [2.45, 2.75) is 37.4 Å². The van der Waals surface area contributed by atoms with Gasteiger partial charge >= 0.3 is 0 Å². The summed E-state index contributed by atoms with van der Waals surface area (Å²) in [5.41, 5.74) is -4.62. The van der Waals surface area contributed by atoms with E-state index in [4.69, 9.17) is 0 Å². The Hall–Kier alpha value is -2.61. The number of hydrogen-bond acceptors (Lipinski definition) is 9. The summed E-state index contributed by atoms with van der Waals surface area (Å²) in [5.74, 6) is -2.41. The number of carbonyl (C=O) groups is 3. The van der Waals surface area contributed by atoms with E-state index in [2.05, 4.69) is 16.0 Å². The minimum Gasteiger partial charge on any atom is -0.394 e. The van der Waals surface area contributed by atoms with Crippen LogP contribution in [0.5, 0.6) is 0 Å². The first-order valence-electron chi connectivity index (χ1n) is 10.1. The number of amides is 3. The van der Waals surface area contributed by atoms with E-state index in [1.165, 1.54) is 20.8 Å². The molecule has 0 heterocycles. The maximum Gasteiger partial charge on any atom is 0.251 e. The third kappa shape index (κ3) is 7.45. The summed E-state index contributed by atoms with van der Waals surface area (Å²) in [5, 5.41) is 63.9. The Balaban J connectivity index is 3.46. The molecule has 0 aliphatic carbocycles. The highest BCUT2D eigenvalue weighted by atomic mass is 16.3. The predicted octanol–water partition coefficient (Wildman–Crippen LogP) is -2.89. The molecular weight excluding hydrogens is 438 g/mol. The zero-order valence-electron chi connectivity index (χ0n) is 18.9. The van der Waals surface area contributed by atoms with Gasteiger partial charge in [0.1, 0.15) is 0 Å². The molecule has 0 aliphatic rings. The van der Waals surface area contributed by atoms with Crippen molar-refractivity contribution < 1.29 is 45.0 Å². The van der Waals surface area contributed by atoms with E-state index in [1.54, 1.807) is 0 Å². The van der Waals surface area contributed by atoms with E-state index in [9.17, 15) is 45.0 Å². The summed E-state index contributed by atoms with van der Waals surface area (Å²) < 4.78 is 0. The van der Waals surface area contributed by atoms with Gasteiger partial charge in [-0.25, -0.2) is 0 Å². The molecule has 0 unspecified atom stereocenters. The van der Waals surface area contributed by atoms with Gasteiger partial charge in [-0.3, -0.25) is 14.4 Å². The summed E-state index contributed by atoms with van der Waals surface area (Å²) >= 11 is 0. The highest BCUT2D eigenvalue weighted by Crippen LogP contribution is 2.15. The Morgan fingerprint density at radius 2 is 0.727 bits per heavy atom.